The van der Waals surface area contributed by atoms with Gasteiger partial charge in [0.05, 0.1) is 19.1 Å². The van der Waals surface area contributed by atoms with Crippen molar-refractivity contribution in [1.29, 1.82) is 0 Å². The highest BCUT2D eigenvalue weighted by Crippen LogP contribution is 2.42. The van der Waals surface area contributed by atoms with Crippen molar-refractivity contribution in [2.24, 2.45) is 0 Å². The molecule has 1 amide bonds. The minimum atomic E-state index is -5.40. The van der Waals surface area contributed by atoms with Gasteiger partial charge in [-0.1, -0.05) is 194 Å². The second-order valence-electron chi connectivity index (χ2n) is 18.1. The van der Waals surface area contributed by atoms with E-state index in [0.717, 1.165) is 77.0 Å². The Balaban J connectivity index is 2.99. The monoisotopic (exact) mass is 940 g/mol. The molecule has 14 nitrogen and oxygen atoms in total. The zero-order valence-electron chi connectivity index (χ0n) is 40.0. The van der Waals surface area contributed by atoms with Crippen LogP contribution >= 0.6 is 7.82 Å². The Bertz CT molecular complexity index is 1230. The van der Waals surface area contributed by atoms with Gasteiger partial charge >= 0.3 is 19.8 Å². The van der Waals surface area contributed by atoms with Crippen molar-refractivity contribution in [2.75, 3.05) is 6.61 Å². The first kappa shape index (κ1) is 60.3. The smallest absolute Gasteiger partial charge is 0.462 e. The van der Waals surface area contributed by atoms with Crippen LogP contribution in [0.2, 0.25) is 0 Å². The number of nitrogens with one attached hydrogen (secondary N) is 1. The molecule has 0 aromatic rings. The van der Waals surface area contributed by atoms with Gasteiger partial charge in [-0.25, -0.2) is 8.96 Å². The van der Waals surface area contributed by atoms with Crippen LogP contribution < -0.4 is 5.32 Å². The molecule has 0 spiro atoms. The van der Waals surface area contributed by atoms with Crippen molar-refractivity contribution in [2.45, 2.75) is 282 Å². The van der Waals surface area contributed by atoms with E-state index in [1.165, 1.54) is 89.9 Å². The van der Waals surface area contributed by atoms with Crippen LogP contribution in [-0.2, 0) is 37.7 Å². The van der Waals surface area contributed by atoms with Crippen LogP contribution in [0.25, 0.3) is 0 Å². The number of aliphatic hydroxyl groups excluding tert-OH is 3. The molecule has 64 heavy (non-hydrogen) atoms. The van der Waals surface area contributed by atoms with Gasteiger partial charge in [-0.15, -0.1) is 0 Å². The number of halogens is 1. The zero-order chi connectivity index (χ0) is 47.4. The van der Waals surface area contributed by atoms with Gasteiger partial charge in [0.15, 0.2) is 12.3 Å². The number of carbonyl (C=O) groups is 3. The first-order chi connectivity index (χ1) is 30.8. The number of alkyl halides is 1. The summed E-state index contributed by atoms with van der Waals surface area (Å²) < 4.78 is 49.3. The lowest BCUT2D eigenvalue weighted by Gasteiger charge is -2.43. The second-order valence-corrected chi connectivity index (χ2v) is 19.3. The molecule has 8 atom stereocenters. The average Bonchev–Trinajstić information content (AvgIpc) is 3.25. The van der Waals surface area contributed by atoms with E-state index in [4.69, 9.17) is 18.7 Å². The molecule has 1 saturated heterocycles. The van der Waals surface area contributed by atoms with Crippen LogP contribution in [-0.4, -0.2) is 98.6 Å². The number of ether oxygens (including phenoxy) is 3. The van der Waals surface area contributed by atoms with Gasteiger partial charge in [0.25, 0.3) is 5.91 Å². The Morgan fingerprint density at radius 3 is 1.50 bits per heavy atom. The molecule has 0 aromatic heterocycles. The molecule has 0 unspecified atom stereocenters. The highest BCUT2D eigenvalue weighted by Gasteiger charge is 2.51. The molecule has 0 bridgehead atoms. The van der Waals surface area contributed by atoms with Gasteiger partial charge in [0.1, 0.15) is 24.4 Å². The van der Waals surface area contributed by atoms with Crippen LogP contribution in [0, 0.1) is 0 Å². The fourth-order valence-electron chi connectivity index (χ4n) is 8.26. The summed E-state index contributed by atoms with van der Waals surface area (Å²) >= 11 is 0. The number of amides is 1. The normalized spacial score (nSPS) is 20.4. The van der Waals surface area contributed by atoms with Gasteiger partial charge in [-0.3, -0.25) is 18.9 Å². The number of carbonyl (C=O) groups excluding carboxylic acids is 3. The summed E-state index contributed by atoms with van der Waals surface area (Å²) in [6.45, 7) is 5.63. The summed E-state index contributed by atoms with van der Waals surface area (Å²) in [5.41, 5.74) is 0. The molecule has 0 radical (unpaired) electrons. The van der Waals surface area contributed by atoms with Crippen LogP contribution in [0.3, 0.4) is 0 Å². The van der Waals surface area contributed by atoms with Crippen LogP contribution in [0.15, 0.2) is 0 Å². The number of hydrogen-bond acceptors (Lipinski definition) is 11. The third-order valence-corrected chi connectivity index (χ3v) is 12.7. The SMILES string of the molecule is CCCCCCCCCCCCCC(=O)O[C@H](CCCCCCCCCCC)CC(=O)O[C@@H]1[C@@H](OP(=O)(O)O)[C@H](O)[C@@H](CO)O[C@H]1NC(=O)[C@@H](F)[C@H](O)CCCCCCCCCCC. The summed E-state index contributed by atoms with van der Waals surface area (Å²) in [7, 11) is -5.40. The summed E-state index contributed by atoms with van der Waals surface area (Å²) in [5.74, 6) is -2.85. The quantitative estimate of drug-likeness (QED) is 0.0191. The first-order valence-corrected chi connectivity index (χ1v) is 27.0. The van der Waals surface area contributed by atoms with Gasteiger partial charge < -0.3 is 44.6 Å². The molecular formula is C48H91FNO13P. The number of aliphatic hydroxyl groups is 3. The zero-order valence-corrected chi connectivity index (χ0v) is 40.9. The molecule has 0 aromatic carbocycles. The Morgan fingerprint density at radius 1 is 0.641 bits per heavy atom. The third kappa shape index (κ3) is 29.8. The molecule has 1 heterocycles. The van der Waals surface area contributed by atoms with Crippen molar-refractivity contribution in [3.63, 3.8) is 0 Å². The molecule has 16 heteroatoms. The van der Waals surface area contributed by atoms with E-state index in [-0.39, 0.29) is 12.8 Å². The van der Waals surface area contributed by atoms with Crippen LogP contribution in [0.1, 0.15) is 233 Å². The highest BCUT2D eigenvalue weighted by atomic mass is 31.2. The molecule has 6 N–H and O–H groups in total. The molecule has 1 aliphatic heterocycles. The summed E-state index contributed by atoms with van der Waals surface area (Å²) in [6.07, 6.45) is 16.3. The van der Waals surface area contributed by atoms with Crippen molar-refractivity contribution in [3.8, 4) is 0 Å². The van der Waals surface area contributed by atoms with E-state index in [2.05, 4.69) is 26.1 Å². The Morgan fingerprint density at radius 2 is 1.06 bits per heavy atom. The Kier molecular flexibility index (Phi) is 36.1. The van der Waals surface area contributed by atoms with Gasteiger partial charge in [-0.2, -0.15) is 0 Å². The molecular weight excluding hydrogens is 848 g/mol. The predicted octanol–water partition coefficient (Wildman–Crippen LogP) is 10.1. The number of phosphoric ester groups is 1. The number of rotatable bonds is 42. The lowest BCUT2D eigenvalue weighted by atomic mass is 9.97. The summed E-state index contributed by atoms with van der Waals surface area (Å²) in [6, 6.07) is 0. The van der Waals surface area contributed by atoms with E-state index in [1.807, 2.05) is 0 Å². The Hall–Kier alpha value is -1.71. The number of esters is 2. The maximum Gasteiger partial charge on any atom is 0.470 e. The Labute approximate surface area is 385 Å². The van der Waals surface area contributed by atoms with Gasteiger partial charge in [0, 0.05) is 6.42 Å². The fraction of sp³-hybridized carbons (Fsp3) is 0.938. The molecule has 0 saturated carbocycles. The maximum atomic E-state index is 15.4. The fourth-order valence-corrected chi connectivity index (χ4v) is 8.82. The minimum Gasteiger partial charge on any atom is -0.462 e. The minimum absolute atomic E-state index is 0.00535. The molecule has 378 valence electrons. The third-order valence-electron chi connectivity index (χ3n) is 12.2. The number of unbranched alkanes of at least 4 members (excludes halogenated alkanes) is 26. The van der Waals surface area contributed by atoms with Crippen LogP contribution in [0.5, 0.6) is 0 Å². The lowest BCUT2D eigenvalue weighted by molar-refractivity contribution is -0.242. The van der Waals surface area contributed by atoms with E-state index >= 15 is 4.39 Å². The summed E-state index contributed by atoms with van der Waals surface area (Å²) in [5, 5.41) is 33.6. The van der Waals surface area contributed by atoms with E-state index < -0.39 is 87.7 Å². The predicted molar refractivity (Wildman–Crippen MR) is 247 cm³/mol. The molecule has 0 aliphatic carbocycles. The van der Waals surface area contributed by atoms with E-state index in [9.17, 15) is 44.1 Å². The van der Waals surface area contributed by atoms with Crippen molar-refractivity contribution in [1.82, 2.24) is 5.32 Å². The average molecular weight is 940 g/mol. The van der Waals surface area contributed by atoms with Crippen molar-refractivity contribution in [3.05, 3.63) is 0 Å². The standard InChI is InChI=1S/C48H91FNO13P/c1-4-7-10-13-16-19-20-23-26-29-32-35-41(53)60-38(33-30-27-24-21-17-14-11-8-5-2)36-42(54)62-46-45(63-64(57,58)59)44(55)40(37-51)61-48(46)50-47(56)43(49)39(52)34-31-28-25-22-18-15-12-9-6-3/h38-40,43-46,48,51-52,55H,4-37H2,1-3H3,(H,50,56)(H2,57,58,59)/t38-,39-,40-,43+,44-,45+,46-,48-/m1/s1. The van der Waals surface area contributed by atoms with Crippen LogP contribution in [0.4, 0.5) is 4.39 Å². The highest BCUT2D eigenvalue weighted by molar-refractivity contribution is 7.46. The van der Waals surface area contributed by atoms with Crippen molar-refractivity contribution < 1.29 is 67.2 Å². The van der Waals surface area contributed by atoms with Gasteiger partial charge in [-0.05, 0) is 25.7 Å². The topological polar surface area (TPSA) is 218 Å². The maximum absolute atomic E-state index is 15.4. The molecule has 1 rings (SSSR count). The largest absolute Gasteiger partial charge is 0.470 e. The molecule has 1 fully saturated rings. The number of phosphoric acid groups is 1. The van der Waals surface area contributed by atoms with Crippen molar-refractivity contribution >= 4 is 25.7 Å². The second kappa shape index (κ2) is 38.3. The van der Waals surface area contributed by atoms with E-state index in [1.54, 1.807) is 0 Å². The molecule has 1 aliphatic rings. The van der Waals surface area contributed by atoms with Gasteiger partial charge in [0.2, 0.25) is 6.17 Å². The first-order valence-electron chi connectivity index (χ1n) is 25.5. The van der Waals surface area contributed by atoms with E-state index in [0.29, 0.717) is 25.7 Å². The lowest BCUT2D eigenvalue weighted by Crippen LogP contribution is -2.65. The summed E-state index contributed by atoms with van der Waals surface area (Å²) in [4.78, 5) is 59.3. The number of hydrogen-bond donors (Lipinski definition) is 6.